The molecule has 0 atom stereocenters. The maximum atomic E-state index is 11.8. The lowest BCUT2D eigenvalue weighted by Crippen LogP contribution is -2.15. The molecule has 0 unspecified atom stereocenters. The Morgan fingerprint density at radius 3 is 3.05 bits per heavy atom. The molecule has 0 fully saturated rings. The van der Waals surface area contributed by atoms with Gasteiger partial charge in [-0.2, -0.15) is 5.10 Å². The van der Waals surface area contributed by atoms with E-state index >= 15 is 0 Å². The number of amides is 1. The smallest absolute Gasteiger partial charge is 0.227 e. The Kier molecular flexibility index (Phi) is 5.34. The number of anilines is 1. The summed E-state index contributed by atoms with van der Waals surface area (Å²) < 4.78 is 7.25. The van der Waals surface area contributed by atoms with Gasteiger partial charge in [0.05, 0.1) is 25.4 Å². The fourth-order valence-corrected chi connectivity index (χ4v) is 1.85. The molecule has 2 rings (SSSR count). The molecule has 0 bridgehead atoms. The monoisotopic (exact) mass is 288 g/mol. The summed E-state index contributed by atoms with van der Waals surface area (Å²) in [5.41, 5.74) is 7.30. The average molecular weight is 288 g/mol. The molecule has 0 aliphatic rings. The molecule has 0 saturated heterocycles. The van der Waals surface area contributed by atoms with Gasteiger partial charge in [0.15, 0.2) is 5.75 Å². The van der Waals surface area contributed by atoms with E-state index in [1.54, 1.807) is 10.9 Å². The molecule has 1 aromatic heterocycles. The number of nitrogens with two attached hydrogens (primary N) is 1. The van der Waals surface area contributed by atoms with E-state index in [-0.39, 0.29) is 12.3 Å². The first-order valence-corrected chi connectivity index (χ1v) is 6.95. The van der Waals surface area contributed by atoms with Gasteiger partial charge in [0.2, 0.25) is 5.91 Å². The molecule has 0 aliphatic carbocycles. The minimum absolute atomic E-state index is 0.0907. The molecule has 0 aliphatic heterocycles. The summed E-state index contributed by atoms with van der Waals surface area (Å²) in [6, 6.07) is 7.49. The zero-order chi connectivity index (χ0) is 15.1. The second-order valence-electron chi connectivity index (χ2n) is 4.58. The van der Waals surface area contributed by atoms with Crippen LogP contribution in [0.1, 0.15) is 18.9 Å². The number of aromatic nitrogens is 2. The van der Waals surface area contributed by atoms with Crippen LogP contribution in [0.25, 0.3) is 0 Å². The lowest BCUT2D eigenvalue weighted by atomic mass is 10.2. The van der Waals surface area contributed by atoms with Gasteiger partial charge in [0, 0.05) is 18.8 Å². The Balaban J connectivity index is 1.76. The third kappa shape index (κ3) is 4.61. The molecule has 0 radical (unpaired) electrons. The molecule has 112 valence electrons. The number of carbonyl (C=O) groups is 1. The number of ether oxygens (including phenoxy) is 1. The maximum Gasteiger partial charge on any atom is 0.227 e. The first-order valence-electron chi connectivity index (χ1n) is 6.95. The van der Waals surface area contributed by atoms with E-state index in [0.29, 0.717) is 18.9 Å². The van der Waals surface area contributed by atoms with Crippen LogP contribution in [0.15, 0.2) is 36.7 Å². The van der Waals surface area contributed by atoms with Gasteiger partial charge in [0.25, 0.3) is 0 Å². The van der Waals surface area contributed by atoms with Crippen molar-refractivity contribution in [2.45, 2.75) is 26.4 Å². The second kappa shape index (κ2) is 7.44. The van der Waals surface area contributed by atoms with Crippen LogP contribution in [0.5, 0.6) is 5.75 Å². The van der Waals surface area contributed by atoms with Crippen LogP contribution in [-0.4, -0.2) is 22.3 Å². The van der Waals surface area contributed by atoms with Gasteiger partial charge in [-0.05, 0) is 24.6 Å². The summed E-state index contributed by atoms with van der Waals surface area (Å²) in [6.07, 6.45) is 3.74. The molecule has 6 nitrogen and oxygen atoms in total. The number of aryl methyl sites for hydroxylation is 1. The molecule has 1 heterocycles. The number of hydrogen-bond acceptors (Lipinski definition) is 4. The number of benzene rings is 1. The normalized spacial score (nSPS) is 10.4. The van der Waals surface area contributed by atoms with Crippen molar-refractivity contribution < 1.29 is 9.53 Å². The molecule has 0 spiro atoms. The zero-order valence-corrected chi connectivity index (χ0v) is 12.1. The molecular formula is C15H20N4O2. The van der Waals surface area contributed by atoms with E-state index in [0.717, 1.165) is 17.8 Å². The summed E-state index contributed by atoms with van der Waals surface area (Å²) in [5, 5.41) is 6.92. The van der Waals surface area contributed by atoms with Crippen molar-refractivity contribution in [3.63, 3.8) is 0 Å². The zero-order valence-electron chi connectivity index (χ0n) is 12.1. The van der Waals surface area contributed by atoms with Gasteiger partial charge in [-0.15, -0.1) is 0 Å². The highest BCUT2D eigenvalue weighted by molar-refractivity contribution is 5.90. The van der Waals surface area contributed by atoms with Gasteiger partial charge in [-0.1, -0.05) is 12.1 Å². The van der Waals surface area contributed by atoms with E-state index < -0.39 is 0 Å². The van der Waals surface area contributed by atoms with Crippen molar-refractivity contribution in [1.82, 2.24) is 9.78 Å². The summed E-state index contributed by atoms with van der Waals surface area (Å²) in [4.78, 5) is 11.8. The van der Waals surface area contributed by atoms with Crippen LogP contribution in [0, 0.1) is 0 Å². The number of rotatable bonds is 7. The fraction of sp³-hybridized carbons (Fsp3) is 0.333. The highest BCUT2D eigenvalue weighted by atomic mass is 16.5. The topological polar surface area (TPSA) is 82.2 Å². The van der Waals surface area contributed by atoms with Crippen molar-refractivity contribution in [3.05, 3.63) is 42.2 Å². The van der Waals surface area contributed by atoms with Crippen molar-refractivity contribution in [2.75, 3.05) is 11.9 Å². The quantitative estimate of drug-likeness (QED) is 0.813. The standard InChI is InChI=1S/C15H20N4O2/c1-2-19-11-14(10-17-19)21-7-6-15(20)18-13-5-3-4-12(8-13)9-16/h3-5,8,10-11H,2,6-7,9,16H2,1H3,(H,18,20). The van der Waals surface area contributed by atoms with Gasteiger partial charge >= 0.3 is 0 Å². The summed E-state index contributed by atoms with van der Waals surface area (Å²) >= 11 is 0. The third-order valence-electron chi connectivity index (χ3n) is 2.98. The maximum absolute atomic E-state index is 11.8. The first-order chi connectivity index (χ1) is 10.2. The Hall–Kier alpha value is -2.34. The summed E-state index contributed by atoms with van der Waals surface area (Å²) in [6.45, 7) is 3.56. The van der Waals surface area contributed by atoms with E-state index in [1.165, 1.54) is 0 Å². The van der Waals surface area contributed by atoms with Crippen molar-refractivity contribution in [2.24, 2.45) is 5.73 Å². The van der Waals surface area contributed by atoms with Crippen molar-refractivity contribution in [3.8, 4) is 5.75 Å². The van der Waals surface area contributed by atoms with E-state index in [2.05, 4.69) is 10.4 Å². The molecule has 6 heteroatoms. The first kappa shape index (κ1) is 15.1. The lowest BCUT2D eigenvalue weighted by Gasteiger charge is -2.07. The highest BCUT2D eigenvalue weighted by Gasteiger charge is 2.04. The van der Waals surface area contributed by atoms with E-state index in [4.69, 9.17) is 10.5 Å². The molecular weight excluding hydrogens is 268 g/mol. The third-order valence-corrected chi connectivity index (χ3v) is 2.98. The molecule has 1 aromatic carbocycles. The number of nitrogens with one attached hydrogen (secondary N) is 1. The van der Waals surface area contributed by atoms with Gasteiger partial charge in [-0.25, -0.2) is 0 Å². The lowest BCUT2D eigenvalue weighted by molar-refractivity contribution is -0.116. The average Bonchev–Trinajstić information content (AvgIpc) is 2.95. The Bertz CT molecular complexity index is 595. The Morgan fingerprint density at radius 2 is 2.33 bits per heavy atom. The summed E-state index contributed by atoms with van der Waals surface area (Å²) in [7, 11) is 0. The molecule has 3 N–H and O–H groups in total. The van der Waals surface area contributed by atoms with E-state index in [9.17, 15) is 4.79 Å². The van der Waals surface area contributed by atoms with Crippen LogP contribution in [0.2, 0.25) is 0 Å². The van der Waals surface area contributed by atoms with Gasteiger partial charge in [-0.3, -0.25) is 9.48 Å². The van der Waals surface area contributed by atoms with Crippen molar-refractivity contribution in [1.29, 1.82) is 0 Å². The predicted molar refractivity (Wildman–Crippen MR) is 81.0 cm³/mol. The number of carbonyl (C=O) groups excluding carboxylic acids is 1. The minimum atomic E-state index is -0.0907. The van der Waals surface area contributed by atoms with E-state index in [1.807, 2.05) is 37.4 Å². The van der Waals surface area contributed by atoms with Crippen LogP contribution >= 0.6 is 0 Å². The Labute approximate surface area is 123 Å². The van der Waals surface area contributed by atoms with Gasteiger partial charge < -0.3 is 15.8 Å². The SMILES string of the molecule is CCn1cc(OCCC(=O)Nc2cccc(CN)c2)cn1. The number of hydrogen-bond donors (Lipinski definition) is 2. The molecule has 21 heavy (non-hydrogen) atoms. The minimum Gasteiger partial charge on any atom is -0.490 e. The van der Waals surface area contributed by atoms with Crippen LogP contribution in [0.3, 0.4) is 0 Å². The van der Waals surface area contributed by atoms with Crippen molar-refractivity contribution >= 4 is 11.6 Å². The highest BCUT2D eigenvalue weighted by Crippen LogP contribution is 2.11. The number of nitrogens with zero attached hydrogens (tertiary/aromatic N) is 2. The fourth-order valence-electron chi connectivity index (χ4n) is 1.85. The Morgan fingerprint density at radius 1 is 1.48 bits per heavy atom. The largest absolute Gasteiger partial charge is 0.490 e. The molecule has 0 saturated carbocycles. The van der Waals surface area contributed by atoms with Crippen LogP contribution in [0.4, 0.5) is 5.69 Å². The van der Waals surface area contributed by atoms with Crippen LogP contribution in [-0.2, 0) is 17.9 Å². The van der Waals surface area contributed by atoms with Gasteiger partial charge in [0.1, 0.15) is 0 Å². The molecule has 1 amide bonds. The predicted octanol–water partition coefficient (Wildman–Crippen LogP) is 1.77. The van der Waals surface area contributed by atoms with Crippen LogP contribution < -0.4 is 15.8 Å². The summed E-state index contributed by atoms with van der Waals surface area (Å²) in [5.74, 6) is 0.585. The second-order valence-corrected chi connectivity index (χ2v) is 4.58. The molecule has 2 aromatic rings.